The van der Waals surface area contributed by atoms with Crippen molar-refractivity contribution in [2.75, 3.05) is 13.1 Å². The Morgan fingerprint density at radius 3 is 2.64 bits per heavy atom. The summed E-state index contributed by atoms with van der Waals surface area (Å²) in [4.78, 5) is 19.9. The summed E-state index contributed by atoms with van der Waals surface area (Å²) in [7, 11) is 0. The van der Waals surface area contributed by atoms with Crippen molar-refractivity contribution in [2.24, 2.45) is 5.41 Å². The number of alkyl halides is 3. The molecule has 0 spiro atoms. The summed E-state index contributed by atoms with van der Waals surface area (Å²) in [6, 6.07) is 11.3. The van der Waals surface area contributed by atoms with Crippen molar-refractivity contribution in [2.45, 2.75) is 30.8 Å². The molecule has 4 aromatic rings. The van der Waals surface area contributed by atoms with Gasteiger partial charge in [-0.3, -0.25) is 4.79 Å². The minimum absolute atomic E-state index is 0.0959. The normalized spacial score (nSPS) is 19.4. The minimum Gasteiger partial charge on any atom is -0.290 e. The molecule has 1 unspecified atom stereocenters. The number of rotatable bonds is 5. The van der Waals surface area contributed by atoms with E-state index in [4.69, 9.17) is 0 Å². The van der Waals surface area contributed by atoms with Crippen LogP contribution in [0, 0.1) is 18.2 Å². The topological polar surface area (TPSA) is 51.0 Å². The first-order chi connectivity index (χ1) is 18.6. The second-order valence-electron chi connectivity index (χ2n) is 9.71. The van der Waals surface area contributed by atoms with Gasteiger partial charge in [-0.25, -0.2) is 18.4 Å². The molecule has 1 atom stereocenters. The largest absolute Gasteiger partial charge is 0.416 e. The van der Waals surface area contributed by atoms with E-state index in [1.54, 1.807) is 35.3 Å². The van der Waals surface area contributed by atoms with Gasteiger partial charge in [0.15, 0.2) is 5.01 Å². The summed E-state index contributed by atoms with van der Waals surface area (Å²) >= 11 is 2.57. The van der Waals surface area contributed by atoms with Crippen LogP contribution in [0.5, 0.6) is 0 Å². The lowest BCUT2D eigenvalue weighted by Gasteiger charge is -2.44. The molecule has 5 nitrogen and oxygen atoms in total. The van der Waals surface area contributed by atoms with Gasteiger partial charge in [-0.05, 0) is 85.8 Å². The van der Waals surface area contributed by atoms with Crippen molar-refractivity contribution in [3.05, 3.63) is 99.0 Å². The number of ketones is 1. The van der Waals surface area contributed by atoms with E-state index < -0.39 is 17.2 Å². The van der Waals surface area contributed by atoms with Crippen LogP contribution in [0.25, 0.3) is 11.8 Å². The van der Waals surface area contributed by atoms with Crippen LogP contribution in [0.2, 0.25) is 0 Å². The highest BCUT2D eigenvalue weighted by Gasteiger charge is 2.50. The average Bonchev–Trinajstić information content (AvgIpc) is 3.52. The zero-order valence-electron chi connectivity index (χ0n) is 20.7. The fraction of sp³-hybridized carbons (Fsp3) is 0.250. The van der Waals surface area contributed by atoms with Crippen LogP contribution in [-0.4, -0.2) is 37.9 Å². The summed E-state index contributed by atoms with van der Waals surface area (Å²) < 4.78 is 57.1. The first-order valence-corrected chi connectivity index (χ1v) is 13.8. The average molecular weight is 571 g/mol. The number of carbonyl (C=O) groups excluding carboxylic acids is 1. The Morgan fingerprint density at radius 1 is 1.13 bits per heavy atom. The smallest absolute Gasteiger partial charge is 0.290 e. The maximum Gasteiger partial charge on any atom is 0.416 e. The van der Waals surface area contributed by atoms with Crippen molar-refractivity contribution in [1.29, 1.82) is 0 Å². The fourth-order valence-electron chi connectivity index (χ4n) is 5.22. The Balaban J connectivity index is 1.37. The SMILES string of the molecule is Cc1cnc(C(=O)C23Cc4cnn(-c5ccc(F)cc5)c4C=C2CCN(Sc2cccc(C(F)(F)F)c2)C3)s1. The Labute approximate surface area is 230 Å². The van der Waals surface area contributed by atoms with Gasteiger partial charge in [0, 0.05) is 29.1 Å². The lowest BCUT2D eigenvalue weighted by atomic mass is 9.66. The minimum atomic E-state index is -4.43. The number of Topliss-reactive ketones (excluding diaryl/α,β-unsaturated/α-hetero) is 1. The monoisotopic (exact) mass is 570 g/mol. The molecule has 1 aliphatic carbocycles. The van der Waals surface area contributed by atoms with Gasteiger partial charge in [0.1, 0.15) is 5.82 Å². The van der Waals surface area contributed by atoms with E-state index >= 15 is 0 Å². The van der Waals surface area contributed by atoms with Gasteiger partial charge in [0.2, 0.25) is 5.78 Å². The molecular formula is C28H22F4N4OS2. The second kappa shape index (κ2) is 9.72. The standard InChI is InChI=1S/C28H22F4N4OS2/c1-17-14-33-26(38-17)25(37)27-13-18-15-34-36(22-7-5-21(29)6-8-22)24(18)12-19(27)9-10-35(16-27)39-23-4-2-3-20(11-23)28(30,31)32/h2-8,11-12,14-15H,9-10,13,16H2,1H3. The van der Waals surface area contributed by atoms with Crippen molar-refractivity contribution in [3.8, 4) is 5.69 Å². The van der Waals surface area contributed by atoms with Gasteiger partial charge >= 0.3 is 6.18 Å². The van der Waals surface area contributed by atoms with Gasteiger partial charge in [-0.1, -0.05) is 11.6 Å². The van der Waals surface area contributed by atoms with Gasteiger partial charge in [0.25, 0.3) is 0 Å². The Morgan fingerprint density at radius 2 is 1.92 bits per heavy atom. The zero-order chi connectivity index (χ0) is 27.4. The van der Waals surface area contributed by atoms with E-state index in [0.29, 0.717) is 41.5 Å². The van der Waals surface area contributed by atoms with Crippen LogP contribution in [0.3, 0.4) is 0 Å². The van der Waals surface area contributed by atoms with Crippen LogP contribution in [0.1, 0.15) is 37.9 Å². The van der Waals surface area contributed by atoms with Crippen LogP contribution in [0.4, 0.5) is 17.6 Å². The molecule has 0 saturated carbocycles. The van der Waals surface area contributed by atoms with Gasteiger partial charge in [0.05, 0.1) is 28.6 Å². The molecular weight excluding hydrogens is 548 g/mol. The number of piperidine rings is 1. The quantitative estimate of drug-likeness (QED) is 0.147. The zero-order valence-corrected chi connectivity index (χ0v) is 22.3. The van der Waals surface area contributed by atoms with E-state index in [-0.39, 0.29) is 11.6 Å². The van der Waals surface area contributed by atoms with Crippen LogP contribution < -0.4 is 0 Å². The Bertz CT molecular complexity index is 1590. The number of thiazole rings is 1. The second-order valence-corrected chi connectivity index (χ2v) is 12.1. The molecule has 6 rings (SSSR count). The number of aryl methyl sites for hydroxylation is 1. The maximum atomic E-state index is 14.1. The van der Waals surface area contributed by atoms with E-state index in [9.17, 15) is 22.4 Å². The third kappa shape index (κ3) is 4.83. The number of nitrogens with zero attached hydrogens (tertiary/aromatic N) is 4. The molecule has 1 aliphatic heterocycles. The van der Waals surface area contributed by atoms with Crippen molar-refractivity contribution in [1.82, 2.24) is 19.1 Å². The van der Waals surface area contributed by atoms with Crippen LogP contribution in [-0.2, 0) is 12.6 Å². The molecule has 1 saturated heterocycles. The molecule has 39 heavy (non-hydrogen) atoms. The Hall–Kier alpha value is -3.28. The fourth-order valence-corrected chi connectivity index (χ4v) is 7.11. The third-order valence-corrected chi connectivity index (χ3v) is 9.04. The van der Waals surface area contributed by atoms with E-state index in [1.165, 1.54) is 41.5 Å². The predicted molar refractivity (Wildman–Crippen MR) is 142 cm³/mol. The molecule has 2 aromatic heterocycles. The lowest BCUT2D eigenvalue weighted by Crippen LogP contribution is -2.49. The first kappa shape index (κ1) is 26.0. The number of fused-ring (bicyclic) bond motifs is 2. The van der Waals surface area contributed by atoms with Gasteiger partial charge < -0.3 is 0 Å². The number of carbonyl (C=O) groups is 1. The highest BCUT2D eigenvalue weighted by molar-refractivity contribution is 7.97. The van der Waals surface area contributed by atoms with E-state index in [2.05, 4.69) is 10.1 Å². The molecule has 0 N–H and O–H groups in total. The molecule has 3 heterocycles. The molecule has 11 heteroatoms. The van der Waals surface area contributed by atoms with Crippen molar-refractivity contribution in [3.63, 3.8) is 0 Å². The third-order valence-electron chi connectivity index (χ3n) is 7.10. The summed E-state index contributed by atoms with van der Waals surface area (Å²) in [5.74, 6) is -0.437. The first-order valence-electron chi connectivity index (χ1n) is 12.2. The summed E-state index contributed by atoms with van der Waals surface area (Å²) in [5.41, 5.74) is 1.73. The number of aromatic nitrogens is 3. The molecule has 200 valence electrons. The van der Waals surface area contributed by atoms with Crippen LogP contribution in [0.15, 0.2) is 71.4 Å². The van der Waals surface area contributed by atoms with E-state index in [0.717, 1.165) is 33.8 Å². The lowest BCUT2D eigenvalue weighted by molar-refractivity contribution is -0.137. The number of benzene rings is 2. The molecule has 2 aliphatic rings. The van der Waals surface area contributed by atoms with Gasteiger partial charge in [-0.2, -0.15) is 18.3 Å². The highest BCUT2D eigenvalue weighted by atomic mass is 32.2. The number of hydrogen-bond donors (Lipinski definition) is 0. The van der Waals surface area contributed by atoms with Crippen molar-refractivity contribution >= 4 is 35.1 Å². The summed E-state index contributed by atoms with van der Waals surface area (Å²) in [5, 5.41) is 4.96. The number of halogens is 4. The number of hydrogen-bond acceptors (Lipinski definition) is 6. The summed E-state index contributed by atoms with van der Waals surface area (Å²) in [6.45, 7) is 2.77. The summed E-state index contributed by atoms with van der Waals surface area (Å²) in [6.07, 6.45) is 1.91. The maximum absolute atomic E-state index is 14.1. The predicted octanol–water partition coefficient (Wildman–Crippen LogP) is 7.02. The Kier molecular flexibility index (Phi) is 6.47. The van der Waals surface area contributed by atoms with E-state index in [1.807, 2.05) is 17.3 Å². The van der Waals surface area contributed by atoms with Crippen molar-refractivity contribution < 1.29 is 22.4 Å². The van der Waals surface area contributed by atoms with Crippen LogP contribution >= 0.6 is 23.3 Å². The highest BCUT2D eigenvalue weighted by Crippen LogP contribution is 2.48. The molecule has 0 bridgehead atoms. The molecule has 0 amide bonds. The molecule has 0 radical (unpaired) electrons. The molecule has 2 aromatic carbocycles. The van der Waals surface area contributed by atoms with Gasteiger partial charge in [-0.15, -0.1) is 11.3 Å². The molecule has 1 fully saturated rings.